The van der Waals surface area contributed by atoms with Crippen molar-refractivity contribution in [1.29, 1.82) is 0 Å². The van der Waals surface area contributed by atoms with Crippen molar-refractivity contribution in [2.45, 2.75) is 26.8 Å². The van der Waals surface area contributed by atoms with E-state index in [9.17, 15) is 4.79 Å². The Morgan fingerprint density at radius 2 is 2.27 bits per heavy atom. The molecule has 0 radical (unpaired) electrons. The first-order chi connectivity index (χ1) is 10.6. The Labute approximate surface area is 131 Å². The summed E-state index contributed by atoms with van der Waals surface area (Å²) in [5.41, 5.74) is 1.07. The van der Waals surface area contributed by atoms with Crippen LogP contribution in [0.1, 0.15) is 25.4 Å². The molecule has 0 unspecified atom stereocenters. The topological polar surface area (TPSA) is 86.7 Å². The predicted molar refractivity (Wildman–Crippen MR) is 81.5 cm³/mol. The summed E-state index contributed by atoms with van der Waals surface area (Å²) in [6.07, 6.45) is 3.87. The van der Waals surface area contributed by atoms with Gasteiger partial charge in [0, 0.05) is 12.7 Å². The lowest BCUT2D eigenvalue weighted by atomic mass is 10.2. The maximum Gasteiger partial charge on any atom is 0.263 e. The normalized spacial score (nSPS) is 11.2. The number of rotatable bonds is 5. The molecular weight excluding hydrogens is 302 g/mol. The standard InChI is InChI=1S/C14H15N5O2S/c1-9(2)8-19-5-3-4-11(14(19)20)13-16-12(17-21-13)6-10-7-15-22-18-10/h3-5,7,9H,6,8H2,1-2H3. The van der Waals surface area contributed by atoms with E-state index in [1.54, 1.807) is 23.0 Å². The molecule has 22 heavy (non-hydrogen) atoms. The number of aromatic nitrogens is 5. The molecule has 7 nitrogen and oxygen atoms in total. The molecular formula is C14H15N5O2S. The Bertz CT molecular complexity index is 807. The van der Waals surface area contributed by atoms with Gasteiger partial charge in [-0.05, 0) is 18.1 Å². The molecule has 0 saturated carbocycles. The molecule has 0 aromatic carbocycles. The zero-order valence-corrected chi connectivity index (χ0v) is 13.1. The van der Waals surface area contributed by atoms with Gasteiger partial charge in [0.05, 0.1) is 30.0 Å². The van der Waals surface area contributed by atoms with E-state index in [4.69, 9.17) is 4.52 Å². The quantitative estimate of drug-likeness (QED) is 0.715. The van der Waals surface area contributed by atoms with Crippen LogP contribution >= 0.6 is 11.7 Å². The zero-order chi connectivity index (χ0) is 15.5. The summed E-state index contributed by atoms with van der Waals surface area (Å²) in [6, 6.07) is 3.51. The van der Waals surface area contributed by atoms with E-state index in [-0.39, 0.29) is 11.4 Å². The second-order valence-electron chi connectivity index (χ2n) is 5.36. The van der Waals surface area contributed by atoms with Gasteiger partial charge in [-0.25, -0.2) is 0 Å². The Morgan fingerprint density at radius 3 is 3.00 bits per heavy atom. The molecule has 3 aromatic heterocycles. The Balaban J connectivity index is 1.88. The molecule has 0 N–H and O–H groups in total. The van der Waals surface area contributed by atoms with Gasteiger partial charge in [-0.1, -0.05) is 19.0 Å². The van der Waals surface area contributed by atoms with E-state index in [0.717, 1.165) is 17.4 Å². The van der Waals surface area contributed by atoms with Gasteiger partial charge in [0.15, 0.2) is 5.82 Å². The van der Waals surface area contributed by atoms with Crippen molar-refractivity contribution in [3.05, 3.63) is 46.4 Å². The summed E-state index contributed by atoms with van der Waals surface area (Å²) >= 11 is 1.13. The molecule has 0 fully saturated rings. The van der Waals surface area contributed by atoms with E-state index in [1.807, 2.05) is 6.07 Å². The molecule has 0 aliphatic heterocycles. The first-order valence-corrected chi connectivity index (χ1v) is 7.65. The Kier molecular flexibility index (Phi) is 4.10. The van der Waals surface area contributed by atoms with Crippen LogP contribution in [0.15, 0.2) is 33.8 Å². The third kappa shape index (κ3) is 3.11. The van der Waals surface area contributed by atoms with Crippen molar-refractivity contribution in [3.63, 3.8) is 0 Å². The maximum absolute atomic E-state index is 12.4. The number of pyridine rings is 1. The average Bonchev–Trinajstić information content (AvgIpc) is 3.13. The molecule has 3 rings (SSSR count). The van der Waals surface area contributed by atoms with Gasteiger partial charge in [0.1, 0.15) is 5.56 Å². The molecule has 0 bridgehead atoms. The van der Waals surface area contributed by atoms with Gasteiger partial charge < -0.3 is 9.09 Å². The van der Waals surface area contributed by atoms with Crippen molar-refractivity contribution >= 4 is 11.7 Å². The predicted octanol–water partition coefficient (Wildman–Crippen LogP) is 2.00. The highest BCUT2D eigenvalue weighted by Gasteiger charge is 2.15. The third-order valence-corrected chi connectivity index (χ3v) is 3.54. The first kappa shape index (κ1) is 14.6. The van der Waals surface area contributed by atoms with E-state index in [0.29, 0.717) is 30.3 Å². The number of hydrogen-bond acceptors (Lipinski definition) is 7. The molecule has 3 heterocycles. The van der Waals surface area contributed by atoms with Crippen LogP contribution < -0.4 is 5.56 Å². The summed E-state index contributed by atoms with van der Waals surface area (Å²) in [4.78, 5) is 16.7. The summed E-state index contributed by atoms with van der Waals surface area (Å²) in [6.45, 7) is 4.77. The van der Waals surface area contributed by atoms with Gasteiger partial charge in [-0.15, -0.1) is 0 Å². The third-order valence-electron chi connectivity index (χ3n) is 3.03. The summed E-state index contributed by atoms with van der Waals surface area (Å²) < 4.78 is 14.9. The summed E-state index contributed by atoms with van der Waals surface area (Å²) in [7, 11) is 0. The van der Waals surface area contributed by atoms with Crippen LogP contribution in [0.3, 0.4) is 0 Å². The Morgan fingerprint density at radius 1 is 1.41 bits per heavy atom. The van der Waals surface area contributed by atoms with Gasteiger partial charge >= 0.3 is 0 Å². The molecule has 114 valence electrons. The lowest BCUT2D eigenvalue weighted by molar-refractivity contribution is 0.422. The number of nitrogens with zero attached hydrogens (tertiary/aromatic N) is 5. The van der Waals surface area contributed by atoms with E-state index in [2.05, 4.69) is 32.7 Å². The fourth-order valence-electron chi connectivity index (χ4n) is 2.10. The highest BCUT2D eigenvalue weighted by atomic mass is 32.1. The van der Waals surface area contributed by atoms with Crippen molar-refractivity contribution in [2.75, 3.05) is 0 Å². The van der Waals surface area contributed by atoms with Crippen LogP contribution in [0.4, 0.5) is 0 Å². The van der Waals surface area contributed by atoms with Crippen LogP contribution in [0.25, 0.3) is 11.5 Å². The van der Waals surface area contributed by atoms with Gasteiger partial charge in [0.2, 0.25) is 0 Å². The fraction of sp³-hybridized carbons (Fsp3) is 0.357. The second kappa shape index (κ2) is 6.18. The van der Waals surface area contributed by atoms with Crippen LogP contribution in [0, 0.1) is 5.92 Å². The molecule has 8 heteroatoms. The molecule has 3 aromatic rings. The van der Waals surface area contributed by atoms with Gasteiger partial charge in [-0.2, -0.15) is 13.7 Å². The van der Waals surface area contributed by atoms with E-state index < -0.39 is 0 Å². The van der Waals surface area contributed by atoms with Crippen molar-refractivity contribution < 1.29 is 4.52 Å². The zero-order valence-electron chi connectivity index (χ0n) is 12.3. The highest BCUT2D eigenvalue weighted by molar-refractivity contribution is 6.99. The highest BCUT2D eigenvalue weighted by Crippen LogP contribution is 2.14. The fourth-order valence-corrected chi connectivity index (χ4v) is 2.53. The lowest BCUT2D eigenvalue weighted by Gasteiger charge is -2.08. The number of hydrogen-bond donors (Lipinski definition) is 0. The van der Waals surface area contributed by atoms with Crippen LogP contribution in [-0.2, 0) is 13.0 Å². The van der Waals surface area contributed by atoms with Crippen LogP contribution in [-0.4, -0.2) is 23.5 Å². The first-order valence-electron chi connectivity index (χ1n) is 6.92. The summed E-state index contributed by atoms with van der Waals surface area (Å²) in [5, 5.41) is 3.90. The smallest absolute Gasteiger partial charge is 0.263 e. The van der Waals surface area contributed by atoms with Gasteiger partial charge in [0.25, 0.3) is 11.4 Å². The van der Waals surface area contributed by atoms with E-state index >= 15 is 0 Å². The minimum absolute atomic E-state index is 0.123. The minimum Gasteiger partial charge on any atom is -0.334 e. The van der Waals surface area contributed by atoms with Gasteiger partial charge in [-0.3, -0.25) is 4.79 Å². The molecule has 0 spiro atoms. The molecule has 0 amide bonds. The molecule has 0 aliphatic rings. The van der Waals surface area contributed by atoms with E-state index in [1.165, 1.54) is 0 Å². The van der Waals surface area contributed by atoms with Crippen molar-refractivity contribution in [2.24, 2.45) is 5.92 Å². The minimum atomic E-state index is -0.123. The molecule has 0 atom stereocenters. The monoisotopic (exact) mass is 317 g/mol. The molecule has 0 saturated heterocycles. The van der Waals surface area contributed by atoms with Crippen LogP contribution in [0.5, 0.6) is 0 Å². The maximum atomic E-state index is 12.4. The van der Waals surface area contributed by atoms with Crippen molar-refractivity contribution in [3.8, 4) is 11.5 Å². The lowest BCUT2D eigenvalue weighted by Crippen LogP contribution is -2.23. The molecule has 0 aliphatic carbocycles. The van der Waals surface area contributed by atoms with Crippen molar-refractivity contribution in [1.82, 2.24) is 23.5 Å². The largest absolute Gasteiger partial charge is 0.334 e. The average molecular weight is 317 g/mol. The van der Waals surface area contributed by atoms with Crippen LogP contribution in [0.2, 0.25) is 0 Å². The Hall–Kier alpha value is -2.35. The second-order valence-corrected chi connectivity index (χ2v) is 5.92. The summed E-state index contributed by atoms with van der Waals surface area (Å²) in [5.74, 6) is 1.10. The SMILES string of the molecule is CC(C)Cn1cccc(-c2nc(Cc3cnsn3)no2)c1=O.